The van der Waals surface area contributed by atoms with E-state index in [-0.39, 0.29) is 0 Å². The molecule has 0 atom stereocenters. The summed E-state index contributed by atoms with van der Waals surface area (Å²) in [4.78, 5) is 17.3. The van der Waals surface area contributed by atoms with Gasteiger partial charge in [-0.2, -0.15) is 0 Å². The maximum Gasteiger partial charge on any atom is 0.248 e. The second-order valence-corrected chi connectivity index (χ2v) is 4.71. The van der Waals surface area contributed by atoms with E-state index >= 15 is 0 Å². The molecule has 1 amide bonds. The molecule has 0 aliphatic rings. The monoisotopic (exact) mass is 270 g/mol. The molecule has 1 aromatic carbocycles. The number of nitrogens with one attached hydrogen (secondary N) is 1. The summed E-state index contributed by atoms with van der Waals surface area (Å²) in [5, 5.41) is 3.32. The number of rotatable bonds is 5. The van der Waals surface area contributed by atoms with E-state index in [1.54, 1.807) is 24.5 Å². The van der Waals surface area contributed by atoms with Gasteiger partial charge in [0.25, 0.3) is 0 Å². The largest absolute Gasteiger partial charge is 0.378 e. The lowest BCUT2D eigenvalue weighted by Gasteiger charge is -2.18. The van der Waals surface area contributed by atoms with Crippen molar-refractivity contribution < 1.29 is 4.79 Å². The van der Waals surface area contributed by atoms with Gasteiger partial charge in [-0.1, -0.05) is 12.1 Å². The van der Waals surface area contributed by atoms with Crippen molar-refractivity contribution in [3.63, 3.8) is 0 Å². The van der Waals surface area contributed by atoms with Crippen LogP contribution in [0.15, 0.2) is 42.7 Å². The fourth-order valence-corrected chi connectivity index (χ4v) is 1.95. The highest BCUT2D eigenvalue weighted by Crippen LogP contribution is 2.22. The Labute approximate surface area is 118 Å². The second kappa shape index (κ2) is 6.06. The van der Waals surface area contributed by atoms with Crippen LogP contribution in [-0.4, -0.2) is 25.0 Å². The SMILES string of the molecule is CN(C)c1ccncc1NCc1cccc(C(N)=O)c1. The van der Waals surface area contributed by atoms with Crippen LogP contribution in [0, 0.1) is 0 Å². The number of benzene rings is 1. The van der Waals surface area contributed by atoms with Crippen LogP contribution in [0.1, 0.15) is 15.9 Å². The number of amides is 1. The molecule has 0 fully saturated rings. The molecular weight excluding hydrogens is 252 g/mol. The lowest BCUT2D eigenvalue weighted by Crippen LogP contribution is -2.13. The smallest absolute Gasteiger partial charge is 0.248 e. The number of carbonyl (C=O) groups is 1. The summed E-state index contributed by atoms with van der Waals surface area (Å²) in [7, 11) is 3.96. The minimum atomic E-state index is -0.415. The fraction of sp³-hybridized carbons (Fsp3) is 0.200. The molecule has 1 heterocycles. The Kier molecular flexibility index (Phi) is 4.20. The molecule has 0 aliphatic carbocycles. The molecule has 0 aliphatic heterocycles. The van der Waals surface area contributed by atoms with E-state index in [4.69, 9.17) is 5.73 Å². The highest BCUT2D eigenvalue weighted by Gasteiger charge is 2.05. The Morgan fingerprint density at radius 1 is 1.35 bits per heavy atom. The predicted octanol–water partition coefficient (Wildman–Crippen LogP) is 1.86. The van der Waals surface area contributed by atoms with Crippen LogP contribution in [0.2, 0.25) is 0 Å². The maximum absolute atomic E-state index is 11.2. The van der Waals surface area contributed by atoms with Gasteiger partial charge in [0.2, 0.25) is 5.91 Å². The highest BCUT2D eigenvalue weighted by atomic mass is 16.1. The third kappa shape index (κ3) is 3.26. The fourth-order valence-electron chi connectivity index (χ4n) is 1.95. The molecule has 0 radical (unpaired) electrons. The first kappa shape index (κ1) is 13.9. The molecule has 1 aromatic heterocycles. The Morgan fingerprint density at radius 2 is 2.15 bits per heavy atom. The molecule has 5 nitrogen and oxygen atoms in total. The van der Waals surface area contributed by atoms with E-state index in [0.29, 0.717) is 12.1 Å². The van der Waals surface area contributed by atoms with Gasteiger partial charge in [0.1, 0.15) is 0 Å². The summed E-state index contributed by atoms with van der Waals surface area (Å²) in [5.41, 5.74) is 8.80. The minimum Gasteiger partial charge on any atom is -0.378 e. The van der Waals surface area contributed by atoms with E-state index in [9.17, 15) is 4.79 Å². The van der Waals surface area contributed by atoms with Gasteiger partial charge < -0.3 is 16.0 Å². The molecule has 3 N–H and O–H groups in total. The minimum absolute atomic E-state index is 0.415. The molecule has 2 rings (SSSR count). The van der Waals surface area contributed by atoms with Crippen molar-refractivity contribution in [2.75, 3.05) is 24.3 Å². The number of anilines is 2. The number of hydrogen-bond acceptors (Lipinski definition) is 4. The van der Waals surface area contributed by atoms with E-state index in [2.05, 4.69) is 10.3 Å². The highest BCUT2D eigenvalue weighted by molar-refractivity contribution is 5.92. The average molecular weight is 270 g/mol. The molecule has 0 bridgehead atoms. The Bertz CT molecular complexity index is 610. The van der Waals surface area contributed by atoms with Crippen LogP contribution in [0.4, 0.5) is 11.4 Å². The third-order valence-electron chi connectivity index (χ3n) is 2.97. The first-order valence-corrected chi connectivity index (χ1v) is 6.32. The van der Waals surface area contributed by atoms with Crippen LogP contribution >= 0.6 is 0 Å². The molecular formula is C15H18N4O. The van der Waals surface area contributed by atoms with Gasteiger partial charge in [-0.3, -0.25) is 9.78 Å². The van der Waals surface area contributed by atoms with Crippen molar-refractivity contribution in [2.24, 2.45) is 5.73 Å². The van der Waals surface area contributed by atoms with Gasteiger partial charge in [0.15, 0.2) is 0 Å². The van der Waals surface area contributed by atoms with Crippen molar-refractivity contribution >= 4 is 17.3 Å². The van der Waals surface area contributed by atoms with Crippen LogP contribution in [0.3, 0.4) is 0 Å². The second-order valence-electron chi connectivity index (χ2n) is 4.71. The third-order valence-corrected chi connectivity index (χ3v) is 2.97. The molecule has 20 heavy (non-hydrogen) atoms. The van der Waals surface area contributed by atoms with Crippen molar-refractivity contribution in [1.29, 1.82) is 0 Å². The van der Waals surface area contributed by atoms with Crippen molar-refractivity contribution in [1.82, 2.24) is 4.98 Å². The first-order chi connectivity index (χ1) is 9.58. The molecule has 5 heteroatoms. The van der Waals surface area contributed by atoms with Gasteiger partial charge in [-0.25, -0.2) is 0 Å². The van der Waals surface area contributed by atoms with Crippen LogP contribution in [0.5, 0.6) is 0 Å². The van der Waals surface area contributed by atoms with Gasteiger partial charge in [0.05, 0.1) is 17.6 Å². The summed E-state index contributed by atoms with van der Waals surface area (Å²) in [6.07, 6.45) is 3.54. The predicted molar refractivity (Wildman–Crippen MR) is 80.9 cm³/mol. The van der Waals surface area contributed by atoms with E-state index in [1.807, 2.05) is 37.2 Å². The van der Waals surface area contributed by atoms with Gasteiger partial charge >= 0.3 is 0 Å². The molecule has 0 saturated heterocycles. The van der Waals surface area contributed by atoms with E-state index in [1.165, 1.54) is 0 Å². The zero-order valence-electron chi connectivity index (χ0n) is 11.6. The normalized spacial score (nSPS) is 10.1. The van der Waals surface area contributed by atoms with Gasteiger partial charge in [0, 0.05) is 32.4 Å². The number of pyridine rings is 1. The Hall–Kier alpha value is -2.56. The Balaban J connectivity index is 2.13. The van der Waals surface area contributed by atoms with E-state index in [0.717, 1.165) is 16.9 Å². The summed E-state index contributed by atoms with van der Waals surface area (Å²) >= 11 is 0. The zero-order valence-corrected chi connectivity index (χ0v) is 11.6. The standard InChI is InChI=1S/C15H18N4O/c1-19(2)14-6-7-17-10-13(14)18-9-11-4-3-5-12(8-11)15(16)20/h3-8,10,18H,9H2,1-2H3,(H2,16,20). The van der Waals surface area contributed by atoms with Gasteiger partial charge in [-0.05, 0) is 23.8 Å². The molecule has 2 aromatic rings. The van der Waals surface area contributed by atoms with Gasteiger partial charge in [-0.15, -0.1) is 0 Å². The van der Waals surface area contributed by atoms with Crippen LogP contribution in [0.25, 0.3) is 0 Å². The summed E-state index contributed by atoms with van der Waals surface area (Å²) in [6.45, 7) is 0.605. The molecule has 0 unspecified atom stereocenters. The van der Waals surface area contributed by atoms with Crippen molar-refractivity contribution in [3.8, 4) is 0 Å². The maximum atomic E-state index is 11.2. The molecule has 0 spiro atoms. The quantitative estimate of drug-likeness (QED) is 0.870. The van der Waals surface area contributed by atoms with Crippen molar-refractivity contribution in [2.45, 2.75) is 6.54 Å². The number of hydrogen-bond donors (Lipinski definition) is 2. The number of primary amides is 1. The summed E-state index contributed by atoms with van der Waals surface area (Å²) in [5.74, 6) is -0.415. The molecule has 0 saturated carbocycles. The number of nitrogens with two attached hydrogens (primary N) is 1. The Morgan fingerprint density at radius 3 is 2.85 bits per heavy atom. The van der Waals surface area contributed by atoms with Crippen LogP contribution in [-0.2, 0) is 6.54 Å². The average Bonchev–Trinajstić information content (AvgIpc) is 2.45. The van der Waals surface area contributed by atoms with E-state index < -0.39 is 5.91 Å². The lowest BCUT2D eigenvalue weighted by molar-refractivity contribution is 0.1000. The number of carbonyl (C=O) groups excluding carboxylic acids is 1. The zero-order chi connectivity index (χ0) is 14.5. The summed E-state index contributed by atoms with van der Waals surface area (Å²) < 4.78 is 0. The van der Waals surface area contributed by atoms with Crippen LogP contribution < -0.4 is 16.0 Å². The summed E-state index contributed by atoms with van der Waals surface area (Å²) in [6, 6.07) is 9.22. The number of aromatic nitrogens is 1. The molecule has 104 valence electrons. The first-order valence-electron chi connectivity index (χ1n) is 6.32. The lowest BCUT2D eigenvalue weighted by atomic mass is 10.1. The topological polar surface area (TPSA) is 71.2 Å². The van der Waals surface area contributed by atoms with Crippen molar-refractivity contribution in [3.05, 3.63) is 53.9 Å². The number of nitrogens with zero attached hydrogens (tertiary/aromatic N) is 2.